The molecule has 9 N–H and O–H groups in total. The first-order valence-corrected chi connectivity index (χ1v) is 18.2. The number of phenols is 3. The molecule has 310 valence electrons. The molecule has 2 aliphatic rings. The van der Waals surface area contributed by atoms with Gasteiger partial charge in [-0.3, -0.25) is 4.79 Å². The van der Waals surface area contributed by atoms with Crippen LogP contribution in [0.4, 0.5) is 0 Å². The van der Waals surface area contributed by atoms with Gasteiger partial charge in [0.25, 0.3) is 0 Å². The van der Waals surface area contributed by atoms with Crippen LogP contribution in [0.5, 0.6) is 28.7 Å². The SMILES string of the molecule is CC(C)/C=C/c1c(OC(=O)/C=C/c2ccc(O)cc2)cc2oc(-c3ccc(O)cc3)c(O[C@@H]3O[C@H](CO)[C@@H](O)[C@H](O)[C@H]3O[C@@H]3O[C@@H](C)[C@H](O)[C@@H](O)[C@H]3O)c(=O)c2c1O. The molecule has 0 amide bonds. The molecule has 0 radical (unpaired) electrons. The number of hydrogen-bond donors (Lipinski definition) is 9. The number of aliphatic hydroxyl groups is 6. The molecule has 17 heteroatoms. The lowest BCUT2D eigenvalue weighted by Crippen LogP contribution is -2.64. The first kappa shape index (κ1) is 42.3. The summed E-state index contributed by atoms with van der Waals surface area (Å²) in [6.07, 6.45) is -11.2. The average molecular weight is 809 g/mol. The van der Waals surface area contributed by atoms with E-state index < -0.39 is 96.3 Å². The summed E-state index contributed by atoms with van der Waals surface area (Å²) in [5, 5.41) is 94.1. The molecule has 1 aromatic heterocycles. The molecule has 0 saturated carbocycles. The van der Waals surface area contributed by atoms with Gasteiger partial charge in [0.05, 0.1) is 18.3 Å². The quantitative estimate of drug-likeness (QED) is 0.0595. The Morgan fingerprint density at radius 3 is 2.12 bits per heavy atom. The third kappa shape index (κ3) is 8.87. The van der Waals surface area contributed by atoms with Crippen molar-refractivity contribution in [3.05, 3.63) is 88.1 Å². The normalized spacial score (nSPS) is 27.8. The van der Waals surface area contributed by atoms with E-state index in [0.717, 1.165) is 6.08 Å². The van der Waals surface area contributed by atoms with Crippen molar-refractivity contribution in [2.24, 2.45) is 5.92 Å². The number of hydrogen-bond acceptors (Lipinski definition) is 17. The van der Waals surface area contributed by atoms with Crippen LogP contribution in [0.25, 0.3) is 34.4 Å². The van der Waals surface area contributed by atoms with E-state index in [9.17, 15) is 55.5 Å². The Morgan fingerprint density at radius 1 is 0.828 bits per heavy atom. The van der Waals surface area contributed by atoms with Gasteiger partial charge in [0.2, 0.25) is 17.5 Å². The summed E-state index contributed by atoms with van der Waals surface area (Å²) in [7, 11) is 0. The zero-order chi connectivity index (χ0) is 42.0. The van der Waals surface area contributed by atoms with Crippen molar-refractivity contribution in [3.63, 3.8) is 0 Å². The van der Waals surface area contributed by atoms with Gasteiger partial charge in [-0.05, 0) is 60.9 Å². The van der Waals surface area contributed by atoms with Gasteiger partial charge in [-0.15, -0.1) is 0 Å². The van der Waals surface area contributed by atoms with E-state index in [1.807, 2.05) is 13.8 Å². The van der Waals surface area contributed by atoms with Crippen molar-refractivity contribution in [1.82, 2.24) is 0 Å². The van der Waals surface area contributed by atoms with Gasteiger partial charge in [-0.2, -0.15) is 0 Å². The lowest BCUT2D eigenvalue weighted by Gasteiger charge is -2.45. The molecule has 6 rings (SSSR count). The van der Waals surface area contributed by atoms with Crippen LogP contribution in [-0.2, 0) is 19.0 Å². The molecule has 3 aromatic carbocycles. The number of esters is 1. The second kappa shape index (κ2) is 17.7. The molecule has 0 bridgehead atoms. The predicted molar refractivity (Wildman–Crippen MR) is 204 cm³/mol. The fraction of sp³-hybridized carbons (Fsp3) is 0.366. The number of rotatable bonds is 11. The molecule has 58 heavy (non-hydrogen) atoms. The zero-order valence-corrected chi connectivity index (χ0v) is 31.4. The minimum Gasteiger partial charge on any atom is -0.508 e. The summed E-state index contributed by atoms with van der Waals surface area (Å²) >= 11 is 0. The summed E-state index contributed by atoms with van der Waals surface area (Å²) in [6, 6.07) is 12.5. The van der Waals surface area contributed by atoms with Crippen molar-refractivity contribution in [2.45, 2.75) is 82.2 Å². The maximum absolute atomic E-state index is 14.6. The van der Waals surface area contributed by atoms with E-state index in [0.29, 0.717) is 5.56 Å². The van der Waals surface area contributed by atoms with Gasteiger partial charge in [0.15, 0.2) is 18.2 Å². The van der Waals surface area contributed by atoms with Gasteiger partial charge >= 0.3 is 5.97 Å². The number of phenolic OH excluding ortho intramolecular Hbond substituents is 3. The highest BCUT2D eigenvalue weighted by Crippen LogP contribution is 2.42. The van der Waals surface area contributed by atoms with Crippen LogP contribution >= 0.6 is 0 Å². The molecule has 3 heterocycles. The largest absolute Gasteiger partial charge is 0.508 e. The Kier molecular flexibility index (Phi) is 12.9. The molecule has 10 atom stereocenters. The summed E-state index contributed by atoms with van der Waals surface area (Å²) < 4.78 is 35.1. The molecule has 2 fully saturated rings. The fourth-order valence-corrected chi connectivity index (χ4v) is 6.34. The van der Waals surface area contributed by atoms with E-state index in [1.54, 1.807) is 18.2 Å². The van der Waals surface area contributed by atoms with E-state index in [4.69, 9.17) is 28.1 Å². The lowest BCUT2D eigenvalue weighted by molar-refractivity contribution is -0.354. The fourth-order valence-electron chi connectivity index (χ4n) is 6.34. The van der Waals surface area contributed by atoms with Crippen molar-refractivity contribution in [3.8, 4) is 40.1 Å². The van der Waals surface area contributed by atoms with Crippen LogP contribution in [0.2, 0.25) is 0 Å². The Balaban J connectivity index is 1.47. The standard InChI is InChI=1S/C41H44O17/c1-18(2)4-14-24-25(54-28(45)15-7-20-5-10-22(43)11-6-20)16-26-29(31(24)47)33(49)38(37(55-26)21-8-12-23(44)13-9-21)57-41-39(35(51)32(48)27(17-42)56-41)58-40-36(52)34(50)30(46)19(3)53-40/h4-16,18-19,27,30,32,34-36,39-44,46-48,50-52H,17H2,1-3H3/b14-4+,15-7+/t19-,27+,30-,32+,34+,35-,36+,39+,40-,41-/m0/s1. The van der Waals surface area contributed by atoms with Crippen molar-refractivity contribution < 1.29 is 78.9 Å². The topological polar surface area (TPSA) is 275 Å². The minimum absolute atomic E-state index is 0.0330. The lowest BCUT2D eigenvalue weighted by atomic mass is 9.97. The highest BCUT2D eigenvalue weighted by molar-refractivity contribution is 5.95. The molecule has 2 saturated heterocycles. The van der Waals surface area contributed by atoms with Crippen LogP contribution in [0.15, 0.2) is 76.0 Å². The van der Waals surface area contributed by atoms with Crippen molar-refractivity contribution >= 4 is 29.1 Å². The smallest absolute Gasteiger partial charge is 0.336 e. The van der Waals surface area contributed by atoms with Crippen LogP contribution in [0.1, 0.15) is 31.9 Å². The number of allylic oxidation sites excluding steroid dienone is 1. The first-order valence-electron chi connectivity index (χ1n) is 18.2. The van der Waals surface area contributed by atoms with E-state index in [-0.39, 0.29) is 45.6 Å². The molecule has 4 aromatic rings. The summed E-state index contributed by atoms with van der Waals surface area (Å²) in [5.41, 5.74) is -0.684. The van der Waals surface area contributed by atoms with Gasteiger partial charge in [0.1, 0.15) is 70.6 Å². The van der Waals surface area contributed by atoms with E-state index in [1.165, 1.54) is 61.5 Å². The molecule has 0 aliphatic carbocycles. The van der Waals surface area contributed by atoms with Gasteiger partial charge in [-0.1, -0.05) is 38.1 Å². The van der Waals surface area contributed by atoms with Crippen LogP contribution in [0, 0.1) is 5.92 Å². The molecular formula is C41H44O17. The summed E-state index contributed by atoms with van der Waals surface area (Å²) in [6.45, 7) is 4.24. The maximum Gasteiger partial charge on any atom is 0.336 e. The van der Waals surface area contributed by atoms with Crippen LogP contribution in [0.3, 0.4) is 0 Å². The Hall–Kier alpha value is -5.34. The third-order valence-electron chi connectivity index (χ3n) is 9.57. The van der Waals surface area contributed by atoms with Crippen molar-refractivity contribution in [2.75, 3.05) is 6.61 Å². The van der Waals surface area contributed by atoms with Crippen molar-refractivity contribution in [1.29, 1.82) is 0 Å². The van der Waals surface area contributed by atoms with E-state index >= 15 is 0 Å². The average Bonchev–Trinajstić information content (AvgIpc) is 3.19. The second-order valence-electron chi connectivity index (χ2n) is 14.2. The number of carbonyl (C=O) groups excluding carboxylic acids is 1. The number of benzene rings is 3. The first-order chi connectivity index (χ1) is 27.6. The molecule has 2 aliphatic heterocycles. The van der Waals surface area contributed by atoms with Gasteiger partial charge < -0.3 is 74.1 Å². The minimum atomic E-state index is -1.93. The third-order valence-corrected chi connectivity index (χ3v) is 9.57. The number of carbonyl (C=O) groups is 1. The molecule has 0 unspecified atom stereocenters. The Morgan fingerprint density at radius 2 is 1.48 bits per heavy atom. The highest BCUT2D eigenvalue weighted by atomic mass is 16.8. The monoisotopic (exact) mass is 808 g/mol. The van der Waals surface area contributed by atoms with Gasteiger partial charge in [0, 0.05) is 17.7 Å². The predicted octanol–water partition coefficient (Wildman–Crippen LogP) is 1.90. The molecule has 0 spiro atoms. The number of aliphatic hydroxyl groups excluding tert-OH is 6. The second-order valence-corrected chi connectivity index (χ2v) is 14.2. The zero-order valence-electron chi connectivity index (χ0n) is 31.4. The molecular weight excluding hydrogens is 764 g/mol. The molecule has 17 nitrogen and oxygen atoms in total. The Bertz CT molecular complexity index is 2200. The summed E-state index contributed by atoms with van der Waals surface area (Å²) in [5.74, 6) is -2.91. The number of aromatic hydroxyl groups is 3. The van der Waals surface area contributed by atoms with Crippen LogP contribution < -0.4 is 14.9 Å². The maximum atomic E-state index is 14.6. The van der Waals surface area contributed by atoms with Gasteiger partial charge in [-0.25, -0.2) is 4.79 Å². The summed E-state index contributed by atoms with van der Waals surface area (Å²) in [4.78, 5) is 27.7. The van der Waals surface area contributed by atoms with Crippen LogP contribution in [-0.4, -0.2) is 120 Å². The Labute approximate surface area is 330 Å². The highest BCUT2D eigenvalue weighted by Gasteiger charge is 2.51. The number of fused-ring (bicyclic) bond motifs is 1. The van der Waals surface area contributed by atoms with E-state index in [2.05, 4.69) is 0 Å². The number of ether oxygens (including phenoxy) is 5.